The first-order chi connectivity index (χ1) is 11.7. The maximum absolute atomic E-state index is 12.6. The van der Waals surface area contributed by atoms with Crippen LogP contribution in [0.5, 0.6) is 0 Å². The molecule has 3 rings (SSSR count). The van der Waals surface area contributed by atoms with Gasteiger partial charge in [0.25, 0.3) is 0 Å². The molecule has 1 amide bonds. The third kappa shape index (κ3) is 6.39. The minimum absolute atomic E-state index is 0. The zero-order chi connectivity index (χ0) is 16.8. The van der Waals surface area contributed by atoms with Crippen LogP contribution in [0.4, 0.5) is 0 Å². The van der Waals surface area contributed by atoms with Gasteiger partial charge in [0.2, 0.25) is 5.91 Å². The van der Waals surface area contributed by atoms with E-state index < -0.39 is 0 Å². The number of rotatable bonds is 5. The number of halogens is 2. The van der Waals surface area contributed by atoms with E-state index in [-0.39, 0.29) is 48.7 Å². The zero-order valence-electron chi connectivity index (χ0n) is 15.1. The Morgan fingerprint density at radius 2 is 1.88 bits per heavy atom. The van der Waals surface area contributed by atoms with Crippen molar-refractivity contribution < 1.29 is 9.53 Å². The van der Waals surface area contributed by atoms with Crippen LogP contribution in [0.1, 0.15) is 37.3 Å². The van der Waals surface area contributed by atoms with Gasteiger partial charge in [-0.15, -0.1) is 24.8 Å². The van der Waals surface area contributed by atoms with E-state index in [1.54, 1.807) is 0 Å². The predicted octanol–water partition coefficient (Wildman–Crippen LogP) is 2.54. The third-order valence-electron chi connectivity index (χ3n) is 5.23. The van der Waals surface area contributed by atoms with Crippen LogP contribution in [0.3, 0.4) is 0 Å². The van der Waals surface area contributed by atoms with Gasteiger partial charge in [0.15, 0.2) is 0 Å². The van der Waals surface area contributed by atoms with E-state index in [1.165, 1.54) is 5.56 Å². The SMILES string of the molecule is Cl.Cl.NC1CCCC(C(=O)NCC(c2ccccc2)N2CCOCC2)C1. The van der Waals surface area contributed by atoms with Gasteiger partial charge in [0, 0.05) is 31.6 Å². The molecule has 1 saturated heterocycles. The standard InChI is InChI=1S/C19H29N3O2.2ClH/c20-17-8-4-7-16(13-17)19(23)21-14-18(15-5-2-1-3-6-15)22-9-11-24-12-10-22;;/h1-3,5-6,16-18H,4,7-14,20H2,(H,21,23);2*1H. The van der Waals surface area contributed by atoms with Crippen molar-refractivity contribution in [1.82, 2.24) is 10.2 Å². The molecule has 148 valence electrons. The Morgan fingerprint density at radius 1 is 1.19 bits per heavy atom. The molecule has 1 aromatic carbocycles. The molecule has 0 spiro atoms. The highest BCUT2D eigenvalue weighted by atomic mass is 35.5. The van der Waals surface area contributed by atoms with E-state index in [2.05, 4.69) is 34.5 Å². The largest absolute Gasteiger partial charge is 0.379 e. The first kappa shape index (κ1) is 23.2. The Hall–Kier alpha value is -0.850. The maximum atomic E-state index is 12.6. The molecule has 3 unspecified atom stereocenters. The summed E-state index contributed by atoms with van der Waals surface area (Å²) in [7, 11) is 0. The van der Waals surface area contributed by atoms with Crippen LogP contribution in [-0.4, -0.2) is 49.7 Å². The summed E-state index contributed by atoms with van der Waals surface area (Å²) in [5.74, 6) is 0.245. The fourth-order valence-electron chi connectivity index (χ4n) is 3.83. The Morgan fingerprint density at radius 3 is 2.54 bits per heavy atom. The van der Waals surface area contributed by atoms with Gasteiger partial charge in [-0.2, -0.15) is 0 Å². The lowest BCUT2D eigenvalue weighted by Gasteiger charge is -2.35. The molecule has 0 radical (unpaired) electrons. The van der Waals surface area contributed by atoms with Crippen molar-refractivity contribution in [1.29, 1.82) is 0 Å². The van der Waals surface area contributed by atoms with Gasteiger partial charge in [-0.3, -0.25) is 9.69 Å². The summed E-state index contributed by atoms with van der Waals surface area (Å²) in [5, 5.41) is 3.19. The smallest absolute Gasteiger partial charge is 0.223 e. The number of nitrogens with zero attached hydrogens (tertiary/aromatic N) is 1. The first-order valence-electron chi connectivity index (χ1n) is 9.14. The van der Waals surface area contributed by atoms with E-state index in [4.69, 9.17) is 10.5 Å². The van der Waals surface area contributed by atoms with Gasteiger partial charge >= 0.3 is 0 Å². The quantitative estimate of drug-likeness (QED) is 0.792. The summed E-state index contributed by atoms with van der Waals surface area (Å²) in [6, 6.07) is 10.8. The van der Waals surface area contributed by atoms with Crippen molar-refractivity contribution in [2.45, 2.75) is 37.8 Å². The average Bonchev–Trinajstić information content (AvgIpc) is 2.63. The Bertz CT molecular complexity index is 527. The maximum Gasteiger partial charge on any atom is 0.223 e. The van der Waals surface area contributed by atoms with Crippen LogP contribution >= 0.6 is 24.8 Å². The lowest BCUT2D eigenvalue weighted by Crippen LogP contribution is -2.45. The van der Waals surface area contributed by atoms with Crippen molar-refractivity contribution in [2.75, 3.05) is 32.8 Å². The van der Waals surface area contributed by atoms with Crippen LogP contribution in [-0.2, 0) is 9.53 Å². The average molecular weight is 404 g/mol. The summed E-state index contributed by atoms with van der Waals surface area (Å²) in [5.41, 5.74) is 7.27. The second kappa shape index (κ2) is 11.8. The van der Waals surface area contributed by atoms with Gasteiger partial charge < -0.3 is 15.8 Å². The first-order valence-corrected chi connectivity index (χ1v) is 9.14. The number of hydrogen-bond acceptors (Lipinski definition) is 4. The molecule has 5 nitrogen and oxygen atoms in total. The highest BCUT2D eigenvalue weighted by Gasteiger charge is 2.27. The molecular weight excluding hydrogens is 373 g/mol. The Labute approximate surface area is 168 Å². The van der Waals surface area contributed by atoms with Crippen molar-refractivity contribution in [2.24, 2.45) is 11.7 Å². The zero-order valence-corrected chi connectivity index (χ0v) is 16.8. The van der Waals surface area contributed by atoms with E-state index in [1.807, 2.05) is 6.07 Å². The molecule has 3 atom stereocenters. The molecule has 0 bridgehead atoms. The number of hydrogen-bond donors (Lipinski definition) is 2. The van der Waals surface area contributed by atoms with Crippen LogP contribution in [0.15, 0.2) is 30.3 Å². The van der Waals surface area contributed by atoms with Crippen LogP contribution in [0, 0.1) is 5.92 Å². The number of amides is 1. The Balaban J connectivity index is 0.00000169. The fraction of sp³-hybridized carbons (Fsp3) is 0.632. The predicted molar refractivity (Wildman–Crippen MR) is 109 cm³/mol. The Kier molecular flexibility index (Phi) is 10.5. The summed E-state index contributed by atoms with van der Waals surface area (Å²) in [4.78, 5) is 15.0. The van der Waals surface area contributed by atoms with E-state index >= 15 is 0 Å². The minimum Gasteiger partial charge on any atom is -0.379 e. The molecule has 1 saturated carbocycles. The van der Waals surface area contributed by atoms with Gasteiger partial charge in [0.1, 0.15) is 0 Å². The molecule has 2 aliphatic rings. The molecule has 26 heavy (non-hydrogen) atoms. The second-order valence-corrected chi connectivity index (χ2v) is 6.94. The third-order valence-corrected chi connectivity index (χ3v) is 5.23. The van der Waals surface area contributed by atoms with Crippen LogP contribution < -0.4 is 11.1 Å². The highest BCUT2D eigenvalue weighted by molar-refractivity contribution is 5.85. The number of benzene rings is 1. The van der Waals surface area contributed by atoms with Crippen molar-refractivity contribution in [3.8, 4) is 0 Å². The summed E-state index contributed by atoms with van der Waals surface area (Å²) < 4.78 is 5.48. The number of ether oxygens (including phenoxy) is 1. The number of carbonyl (C=O) groups excluding carboxylic acids is 1. The monoisotopic (exact) mass is 403 g/mol. The minimum atomic E-state index is 0. The van der Waals surface area contributed by atoms with Crippen LogP contribution in [0.25, 0.3) is 0 Å². The van der Waals surface area contributed by atoms with E-state index in [0.29, 0.717) is 6.54 Å². The van der Waals surface area contributed by atoms with E-state index in [9.17, 15) is 4.79 Å². The summed E-state index contributed by atoms with van der Waals surface area (Å²) in [6.45, 7) is 3.98. The van der Waals surface area contributed by atoms with E-state index in [0.717, 1.165) is 52.0 Å². The van der Waals surface area contributed by atoms with Gasteiger partial charge in [0.05, 0.1) is 19.3 Å². The van der Waals surface area contributed by atoms with Gasteiger partial charge in [-0.05, 0) is 24.8 Å². The van der Waals surface area contributed by atoms with Crippen molar-refractivity contribution in [3.63, 3.8) is 0 Å². The molecule has 1 aliphatic heterocycles. The van der Waals surface area contributed by atoms with Gasteiger partial charge in [-0.1, -0.05) is 36.8 Å². The highest BCUT2D eigenvalue weighted by Crippen LogP contribution is 2.24. The molecule has 0 aromatic heterocycles. The fourth-order valence-corrected chi connectivity index (χ4v) is 3.83. The molecule has 1 heterocycles. The summed E-state index contributed by atoms with van der Waals surface area (Å²) in [6.07, 6.45) is 3.89. The number of nitrogens with two attached hydrogens (primary N) is 1. The molecule has 1 aliphatic carbocycles. The van der Waals surface area contributed by atoms with Crippen LogP contribution in [0.2, 0.25) is 0 Å². The lowest BCUT2D eigenvalue weighted by atomic mass is 9.85. The van der Waals surface area contributed by atoms with Gasteiger partial charge in [-0.25, -0.2) is 0 Å². The topological polar surface area (TPSA) is 67.6 Å². The number of morpholine rings is 1. The van der Waals surface area contributed by atoms with Crippen molar-refractivity contribution >= 4 is 30.7 Å². The molecule has 1 aromatic rings. The van der Waals surface area contributed by atoms with Crippen molar-refractivity contribution in [3.05, 3.63) is 35.9 Å². The summed E-state index contributed by atoms with van der Waals surface area (Å²) >= 11 is 0. The second-order valence-electron chi connectivity index (χ2n) is 6.94. The molecule has 3 N–H and O–H groups in total. The number of nitrogens with one attached hydrogen (secondary N) is 1. The molecular formula is C19H31Cl2N3O2. The molecule has 2 fully saturated rings. The normalized spacial score (nSPS) is 24.7. The lowest BCUT2D eigenvalue weighted by molar-refractivity contribution is -0.126. The molecule has 7 heteroatoms. The number of carbonyl (C=O) groups is 1.